The fourth-order valence-corrected chi connectivity index (χ4v) is 3.56. The minimum Gasteiger partial charge on any atom is -0.313 e. The maximum absolute atomic E-state index is 12.0. The number of aryl methyl sites for hydroxylation is 1. The van der Waals surface area contributed by atoms with E-state index < -0.39 is 10.0 Å². The van der Waals surface area contributed by atoms with E-state index in [-0.39, 0.29) is 5.75 Å². The Balaban J connectivity index is 2.12. The zero-order valence-corrected chi connectivity index (χ0v) is 11.1. The second-order valence-electron chi connectivity index (χ2n) is 4.32. The topological polar surface area (TPSA) is 68.1 Å². The first-order chi connectivity index (χ1) is 8.04. The van der Waals surface area contributed by atoms with Crippen molar-refractivity contribution >= 4 is 10.0 Å². The molecule has 0 amide bonds. The molecule has 0 N–H and O–H groups in total. The molecule has 1 aromatic heterocycles. The average molecular weight is 258 g/mol. The molecule has 0 saturated heterocycles. The molecule has 0 saturated carbocycles. The summed E-state index contributed by atoms with van der Waals surface area (Å²) >= 11 is 0. The molecule has 6 nitrogen and oxygen atoms in total. The molecular formula is C10H18N4O2S. The Labute approximate surface area is 102 Å². The predicted molar refractivity (Wildman–Crippen MR) is 63.9 cm³/mol. The van der Waals surface area contributed by atoms with E-state index in [9.17, 15) is 8.42 Å². The van der Waals surface area contributed by atoms with Gasteiger partial charge in [0.2, 0.25) is 10.0 Å². The zero-order chi connectivity index (χ0) is 12.5. The second kappa shape index (κ2) is 4.73. The standard InChI is InChI=1S/C10H18N4O2S/c1-3-4-7-17(15,16)13-5-6-14-9(2)11-12-10(14)8-13/h3-8H2,1-2H3. The number of unbranched alkanes of at least 4 members (excludes halogenated alkanes) is 1. The van der Waals surface area contributed by atoms with Crippen molar-refractivity contribution in [2.24, 2.45) is 0 Å². The van der Waals surface area contributed by atoms with E-state index >= 15 is 0 Å². The average Bonchev–Trinajstić information content (AvgIpc) is 2.68. The van der Waals surface area contributed by atoms with Crippen LogP contribution in [0.25, 0.3) is 0 Å². The quantitative estimate of drug-likeness (QED) is 0.790. The van der Waals surface area contributed by atoms with Gasteiger partial charge in [-0.1, -0.05) is 13.3 Å². The third kappa shape index (κ3) is 2.50. The highest BCUT2D eigenvalue weighted by molar-refractivity contribution is 7.89. The molecule has 2 heterocycles. The van der Waals surface area contributed by atoms with Gasteiger partial charge in [0.1, 0.15) is 11.6 Å². The fraction of sp³-hybridized carbons (Fsp3) is 0.800. The molecule has 0 aliphatic carbocycles. The van der Waals surface area contributed by atoms with Crippen molar-refractivity contribution in [3.05, 3.63) is 11.6 Å². The lowest BCUT2D eigenvalue weighted by molar-refractivity contribution is 0.333. The minimum absolute atomic E-state index is 0.233. The van der Waals surface area contributed by atoms with E-state index in [0.717, 1.165) is 18.1 Å². The number of nitrogens with zero attached hydrogens (tertiary/aromatic N) is 4. The number of rotatable bonds is 4. The maximum atomic E-state index is 12.0. The highest BCUT2D eigenvalue weighted by Crippen LogP contribution is 2.16. The van der Waals surface area contributed by atoms with Crippen molar-refractivity contribution < 1.29 is 8.42 Å². The summed E-state index contributed by atoms with van der Waals surface area (Å²) in [4.78, 5) is 0. The molecule has 1 aliphatic rings. The molecule has 0 aromatic carbocycles. The van der Waals surface area contributed by atoms with Gasteiger partial charge >= 0.3 is 0 Å². The molecule has 0 radical (unpaired) electrons. The van der Waals surface area contributed by atoms with E-state index in [1.807, 2.05) is 18.4 Å². The molecule has 0 spiro atoms. The van der Waals surface area contributed by atoms with Crippen LogP contribution in [0.2, 0.25) is 0 Å². The summed E-state index contributed by atoms with van der Waals surface area (Å²) in [5, 5.41) is 7.98. The van der Waals surface area contributed by atoms with E-state index in [2.05, 4.69) is 10.2 Å². The smallest absolute Gasteiger partial charge is 0.214 e. The summed E-state index contributed by atoms with van der Waals surface area (Å²) in [5.41, 5.74) is 0. The number of aromatic nitrogens is 3. The molecule has 1 aliphatic heterocycles. The first kappa shape index (κ1) is 12.5. The van der Waals surface area contributed by atoms with Crippen LogP contribution < -0.4 is 0 Å². The molecule has 1 aromatic rings. The van der Waals surface area contributed by atoms with E-state index in [4.69, 9.17) is 0 Å². The summed E-state index contributed by atoms with van der Waals surface area (Å²) in [6.07, 6.45) is 1.60. The minimum atomic E-state index is -3.13. The van der Waals surface area contributed by atoms with Crippen LogP contribution in [0.3, 0.4) is 0 Å². The van der Waals surface area contributed by atoms with Gasteiger partial charge in [-0.2, -0.15) is 4.31 Å². The van der Waals surface area contributed by atoms with Crippen LogP contribution in [0.5, 0.6) is 0 Å². The summed E-state index contributed by atoms with van der Waals surface area (Å²) in [6, 6.07) is 0. The maximum Gasteiger partial charge on any atom is 0.214 e. The number of hydrogen-bond acceptors (Lipinski definition) is 4. The monoisotopic (exact) mass is 258 g/mol. The van der Waals surface area contributed by atoms with Gasteiger partial charge in [-0.15, -0.1) is 10.2 Å². The Morgan fingerprint density at radius 1 is 1.29 bits per heavy atom. The van der Waals surface area contributed by atoms with Gasteiger partial charge in [-0.3, -0.25) is 0 Å². The summed E-state index contributed by atoms with van der Waals surface area (Å²) < 4.78 is 27.6. The van der Waals surface area contributed by atoms with Crippen molar-refractivity contribution in [3.8, 4) is 0 Å². The van der Waals surface area contributed by atoms with Crippen molar-refractivity contribution in [3.63, 3.8) is 0 Å². The Kier molecular flexibility index (Phi) is 3.48. The highest BCUT2D eigenvalue weighted by Gasteiger charge is 2.27. The Hall–Kier alpha value is -0.950. The second-order valence-corrected chi connectivity index (χ2v) is 6.41. The fourth-order valence-electron chi connectivity index (χ4n) is 1.97. The van der Waals surface area contributed by atoms with Gasteiger partial charge < -0.3 is 4.57 Å². The molecule has 0 atom stereocenters. The van der Waals surface area contributed by atoms with Crippen LogP contribution in [-0.4, -0.2) is 39.8 Å². The molecular weight excluding hydrogens is 240 g/mol. The number of hydrogen-bond donors (Lipinski definition) is 0. The molecule has 17 heavy (non-hydrogen) atoms. The first-order valence-electron chi connectivity index (χ1n) is 5.91. The summed E-state index contributed by atoms with van der Waals surface area (Å²) in [7, 11) is -3.13. The lowest BCUT2D eigenvalue weighted by Gasteiger charge is -2.26. The molecule has 2 rings (SSSR count). The Bertz CT molecular complexity index is 494. The summed E-state index contributed by atoms with van der Waals surface area (Å²) in [6.45, 7) is 5.41. The molecule has 0 bridgehead atoms. The SMILES string of the molecule is CCCCS(=O)(=O)N1CCn2c(C)nnc2C1. The lowest BCUT2D eigenvalue weighted by Crippen LogP contribution is -2.39. The van der Waals surface area contributed by atoms with Crippen LogP contribution in [-0.2, 0) is 23.1 Å². The highest BCUT2D eigenvalue weighted by atomic mass is 32.2. The van der Waals surface area contributed by atoms with Gasteiger partial charge in [0, 0.05) is 13.1 Å². The Morgan fingerprint density at radius 3 is 2.76 bits per heavy atom. The van der Waals surface area contributed by atoms with Gasteiger partial charge in [-0.25, -0.2) is 8.42 Å². The third-order valence-electron chi connectivity index (χ3n) is 3.05. The normalized spacial score (nSPS) is 17.1. The third-order valence-corrected chi connectivity index (χ3v) is 4.96. The van der Waals surface area contributed by atoms with Gasteiger partial charge in [0.25, 0.3) is 0 Å². The first-order valence-corrected chi connectivity index (χ1v) is 7.52. The van der Waals surface area contributed by atoms with Crippen molar-refractivity contribution in [1.29, 1.82) is 0 Å². The predicted octanol–water partition coefficient (Wildman–Crippen LogP) is 0.532. The van der Waals surface area contributed by atoms with Crippen molar-refractivity contribution in [2.45, 2.75) is 39.8 Å². The van der Waals surface area contributed by atoms with E-state index in [1.165, 1.54) is 4.31 Å². The van der Waals surface area contributed by atoms with Gasteiger partial charge in [0.15, 0.2) is 0 Å². The summed E-state index contributed by atoms with van der Waals surface area (Å²) in [5.74, 6) is 1.83. The largest absolute Gasteiger partial charge is 0.313 e. The molecule has 0 unspecified atom stereocenters. The Morgan fingerprint density at radius 2 is 2.06 bits per heavy atom. The van der Waals surface area contributed by atoms with Gasteiger partial charge in [0.05, 0.1) is 12.3 Å². The van der Waals surface area contributed by atoms with Crippen molar-refractivity contribution in [1.82, 2.24) is 19.1 Å². The van der Waals surface area contributed by atoms with Crippen molar-refractivity contribution in [2.75, 3.05) is 12.3 Å². The number of sulfonamides is 1. The number of fused-ring (bicyclic) bond motifs is 1. The van der Waals surface area contributed by atoms with Crippen LogP contribution in [0, 0.1) is 6.92 Å². The molecule has 96 valence electrons. The van der Waals surface area contributed by atoms with E-state index in [0.29, 0.717) is 26.1 Å². The van der Waals surface area contributed by atoms with Crippen LogP contribution in [0.15, 0.2) is 0 Å². The molecule has 0 fully saturated rings. The molecule has 7 heteroatoms. The van der Waals surface area contributed by atoms with E-state index in [1.54, 1.807) is 0 Å². The lowest BCUT2D eigenvalue weighted by atomic mass is 10.4. The van der Waals surface area contributed by atoms with Crippen LogP contribution in [0.4, 0.5) is 0 Å². The van der Waals surface area contributed by atoms with Crippen LogP contribution >= 0.6 is 0 Å². The van der Waals surface area contributed by atoms with Gasteiger partial charge in [-0.05, 0) is 13.3 Å². The zero-order valence-electron chi connectivity index (χ0n) is 10.3. The van der Waals surface area contributed by atoms with Crippen LogP contribution in [0.1, 0.15) is 31.4 Å².